The number of nitrogens with one attached hydrogen (secondary N) is 1. The normalized spacial score (nSPS) is 13.6. The summed E-state index contributed by atoms with van der Waals surface area (Å²) in [4.78, 5) is 28.0. The van der Waals surface area contributed by atoms with Crippen molar-refractivity contribution in [2.24, 2.45) is 0 Å². The Hall–Kier alpha value is -3.93. The number of hydrogen-bond acceptors (Lipinski definition) is 4. The van der Waals surface area contributed by atoms with Gasteiger partial charge >= 0.3 is 0 Å². The number of aryl methyl sites for hydroxylation is 1. The predicted octanol–water partition coefficient (Wildman–Crippen LogP) is 5.32. The molecule has 3 aromatic carbocycles. The summed E-state index contributed by atoms with van der Waals surface area (Å²) in [6, 6.07) is 20.5. The van der Waals surface area contributed by atoms with E-state index in [0.29, 0.717) is 23.6 Å². The third kappa shape index (κ3) is 4.95. The predicted molar refractivity (Wildman–Crippen MR) is 126 cm³/mol. The van der Waals surface area contributed by atoms with Crippen LogP contribution >= 0.6 is 0 Å². The van der Waals surface area contributed by atoms with Crippen molar-refractivity contribution in [2.45, 2.75) is 26.8 Å². The molecule has 0 atom stereocenters. The molecule has 6 heteroatoms. The number of amides is 2. The van der Waals surface area contributed by atoms with Crippen LogP contribution in [-0.4, -0.2) is 23.3 Å². The summed E-state index contributed by atoms with van der Waals surface area (Å²) in [6.07, 6.45) is 0.888. The van der Waals surface area contributed by atoms with E-state index in [1.807, 2.05) is 38.1 Å². The van der Waals surface area contributed by atoms with Crippen LogP contribution in [0.15, 0.2) is 78.5 Å². The minimum Gasteiger partial charge on any atom is -0.494 e. The highest BCUT2D eigenvalue weighted by Crippen LogP contribution is 2.32. The molecule has 0 aliphatic carbocycles. The quantitative estimate of drug-likeness (QED) is 0.478. The minimum absolute atomic E-state index is 0.160. The van der Waals surface area contributed by atoms with Crippen LogP contribution in [0.4, 0.5) is 10.1 Å². The Bertz CT molecular complexity index is 1180. The lowest BCUT2D eigenvalue weighted by Crippen LogP contribution is -2.32. The van der Waals surface area contributed by atoms with Crippen LogP contribution < -0.4 is 10.1 Å². The van der Waals surface area contributed by atoms with Gasteiger partial charge in [-0.05, 0) is 60.9 Å². The van der Waals surface area contributed by atoms with Crippen molar-refractivity contribution >= 4 is 23.1 Å². The van der Waals surface area contributed by atoms with Gasteiger partial charge in [-0.1, -0.05) is 48.9 Å². The van der Waals surface area contributed by atoms with Crippen LogP contribution in [0.3, 0.4) is 0 Å². The van der Waals surface area contributed by atoms with Gasteiger partial charge in [-0.2, -0.15) is 0 Å². The van der Waals surface area contributed by atoms with Gasteiger partial charge < -0.3 is 10.1 Å². The Labute approximate surface area is 192 Å². The first-order valence-electron chi connectivity index (χ1n) is 10.9. The molecule has 0 unspecified atom stereocenters. The molecule has 33 heavy (non-hydrogen) atoms. The van der Waals surface area contributed by atoms with Gasteiger partial charge in [0.25, 0.3) is 11.8 Å². The number of imide groups is 1. The fourth-order valence-electron chi connectivity index (χ4n) is 3.59. The number of benzene rings is 3. The molecule has 0 radical (unpaired) electrons. The first-order valence-corrected chi connectivity index (χ1v) is 10.9. The van der Waals surface area contributed by atoms with Crippen molar-refractivity contribution in [3.8, 4) is 5.75 Å². The van der Waals surface area contributed by atoms with E-state index in [0.717, 1.165) is 17.5 Å². The molecular weight excluding hydrogens is 419 g/mol. The maximum absolute atomic E-state index is 13.4. The van der Waals surface area contributed by atoms with E-state index in [9.17, 15) is 14.0 Å². The fraction of sp³-hybridized carbons (Fsp3) is 0.185. The van der Waals surface area contributed by atoms with Gasteiger partial charge in [0.15, 0.2) is 0 Å². The number of carbonyl (C=O) groups excluding carboxylic acids is 2. The maximum Gasteiger partial charge on any atom is 0.278 e. The summed E-state index contributed by atoms with van der Waals surface area (Å²) >= 11 is 0. The fourth-order valence-corrected chi connectivity index (χ4v) is 3.59. The van der Waals surface area contributed by atoms with Gasteiger partial charge in [0.2, 0.25) is 0 Å². The summed E-state index contributed by atoms with van der Waals surface area (Å²) in [5.41, 5.74) is 3.52. The Balaban J connectivity index is 1.68. The van der Waals surface area contributed by atoms with Crippen LogP contribution in [0.1, 0.15) is 30.0 Å². The van der Waals surface area contributed by atoms with Crippen LogP contribution in [0.2, 0.25) is 0 Å². The zero-order chi connectivity index (χ0) is 23.4. The first kappa shape index (κ1) is 22.3. The Morgan fingerprint density at radius 1 is 0.879 bits per heavy atom. The average Bonchev–Trinajstić information content (AvgIpc) is 3.05. The van der Waals surface area contributed by atoms with Crippen LogP contribution in [0.25, 0.3) is 5.57 Å². The van der Waals surface area contributed by atoms with Crippen LogP contribution in [-0.2, 0) is 16.1 Å². The lowest BCUT2D eigenvalue weighted by atomic mass is 10.0. The number of halogens is 1. The second-order valence-corrected chi connectivity index (χ2v) is 7.94. The van der Waals surface area contributed by atoms with Crippen molar-refractivity contribution in [2.75, 3.05) is 11.9 Å². The molecule has 5 nitrogen and oxygen atoms in total. The zero-order valence-corrected chi connectivity index (χ0v) is 18.6. The lowest BCUT2D eigenvalue weighted by Gasteiger charge is -2.15. The Kier molecular flexibility index (Phi) is 6.54. The van der Waals surface area contributed by atoms with E-state index < -0.39 is 5.91 Å². The Morgan fingerprint density at radius 3 is 2.18 bits per heavy atom. The van der Waals surface area contributed by atoms with E-state index in [2.05, 4.69) is 5.32 Å². The molecule has 1 aliphatic rings. The highest BCUT2D eigenvalue weighted by molar-refractivity contribution is 6.36. The Morgan fingerprint density at radius 2 is 1.55 bits per heavy atom. The van der Waals surface area contributed by atoms with E-state index in [-0.39, 0.29) is 29.5 Å². The monoisotopic (exact) mass is 444 g/mol. The molecule has 0 saturated heterocycles. The number of anilines is 1. The van der Waals surface area contributed by atoms with Crippen LogP contribution in [0, 0.1) is 12.7 Å². The van der Waals surface area contributed by atoms with Gasteiger partial charge in [0.05, 0.1) is 18.7 Å². The first-order chi connectivity index (χ1) is 16.0. The van der Waals surface area contributed by atoms with Gasteiger partial charge in [-0.15, -0.1) is 0 Å². The number of hydrogen-bond donors (Lipinski definition) is 1. The zero-order valence-electron chi connectivity index (χ0n) is 18.6. The largest absolute Gasteiger partial charge is 0.494 e. The van der Waals surface area contributed by atoms with Gasteiger partial charge in [-0.25, -0.2) is 4.39 Å². The second kappa shape index (κ2) is 9.69. The van der Waals surface area contributed by atoms with E-state index in [1.54, 1.807) is 24.3 Å². The summed E-state index contributed by atoms with van der Waals surface area (Å²) in [5, 5.41) is 3.04. The molecule has 3 aromatic rings. The summed E-state index contributed by atoms with van der Waals surface area (Å²) < 4.78 is 19.0. The topological polar surface area (TPSA) is 58.6 Å². The standard InChI is InChI=1S/C27H25FN2O3/c1-3-16-33-23-14-8-20(9-15-23)24-25(29-22-12-10-21(28)11-13-22)27(32)30(26(24)31)17-19-6-4-18(2)5-7-19/h4-15,29H,3,16-17H2,1-2H3. The molecule has 0 saturated carbocycles. The molecule has 0 fully saturated rings. The molecular formula is C27H25FN2O3. The highest BCUT2D eigenvalue weighted by Gasteiger charge is 2.39. The minimum atomic E-state index is -0.425. The molecule has 168 valence electrons. The second-order valence-electron chi connectivity index (χ2n) is 7.94. The molecule has 1 N–H and O–H groups in total. The molecule has 0 aromatic heterocycles. The number of rotatable bonds is 8. The van der Waals surface area contributed by atoms with E-state index in [4.69, 9.17) is 4.74 Å². The third-order valence-electron chi connectivity index (χ3n) is 5.36. The highest BCUT2D eigenvalue weighted by atomic mass is 19.1. The lowest BCUT2D eigenvalue weighted by molar-refractivity contribution is -0.137. The summed E-state index contributed by atoms with van der Waals surface area (Å²) in [7, 11) is 0. The summed E-state index contributed by atoms with van der Waals surface area (Å²) in [6.45, 7) is 4.77. The number of ether oxygens (including phenoxy) is 1. The van der Waals surface area contributed by atoms with Crippen molar-refractivity contribution in [1.29, 1.82) is 0 Å². The van der Waals surface area contributed by atoms with Crippen molar-refractivity contribution < 1.29 is 18.7 Å². The van der Waals surface area contributed by atoms with Gasteiger partial charge in [-0.3, -0.25) is 14.5 Å². The molecule has 4 rings (SSSR count). The number of nitrogens with zero attached hydrogens (tertiary/aromatic N) is 1. The third-order valence-corrected chi connectivity index (χ3v) is 5.36. The van der Waals surface area contributed by atoms with Gasteiger partial charge in [0, 0.05) is 5.69 Å². The van der Waals surface area contributed by atoms with Crippen molar-refractivity contribution in [3.63, 3.8) is 0 Å². The SMILES string of the molecule is CCCOc1ccc(C2=C(Nc3ccc(F)cc3)C(=O)N(Cc3ccc(C)cc3)C2=O)cc1. The van der Waals surface area contributed by atoms with Crippen molar-refractivity contribution in [1.82, 2.24) is 4.90 Å². The maximum atomic E-state index is 13.4. The van der Waals surface area contributed by atoms with Crippen molar-refractivity contribution in [3.05, 3.63) is 101 Å². The van der Waals surface area contributed by atoms with Gasteiger partial charge in [0.1, 0.15) is 17.3 Å². The molecule has 0 spiro atoms. The molecule has 0 bridgehead atoms. The summed E-state index contributed by atoms with van der Waals surface area (Å²) in [5.74, 6) is -0.492. The molecule has 1 heterocycles. The van der Waals surface area contributed by atoms with E-state index >= 15 is 0 Å². The van der Waals surface area contributed by atoms with Crippen LogP contribution in [0.5, 0.6) is 5.75 Å². The molecule has 1 aliphatic heterocycles. The smallest absolute Gasteiger partial charge is 0.278 e. The average molecular weight is 445 g/mol. The van der Waals surface area contributed by atoms with E-state index in [1.165, 1.54) is 29.2 Å². The number of carbonyl (C=O) groups is 2. The molecule has 2 amide bonds.